The van der Waals surface area contributed by atoms with Crippen molar-refractivity contribution in [3.8, 4) is 0 Å². The number of halogens is 1. The number of aliphatic hydroxyl groups is 1. The number of aryl methyl sites for hydroxylation is 2. The molecule has 0 aliphatic heterocycles. The van der Waals surface area contributed by atoms with Crippen LogP contribution in [-0.4, -0.2) is 5.11 Å². The third-order valence-corrected chi connectivity index (χ3v) is 4.50. The molecule has 2 nitrogen and oxygen atoms in total. The molecule has 1 atom stereocenters. The first-order chi connectivity index (χ1) is 7.63. The SMILES string of the molecule is CCc1occc1C(O)c1sc(C)cc1Br. The number of hydrogen-bond donors (Lipinski definition) is 1. The van der Waals surface area contributed by atoms with Gasteiger partial charge in [-0.3, -0.25) is 0 Å². The monoisotopic (exact) mass is 300 g/mol. The molecule has 86 valence electrons. The maximum atomic E-state index is 10.3. The highest BCUT2D eigenvalue weighted by Gasteiger charge is 2.20. The summed E-state index contributed by atoms with van der Waals surface area (Å²) in [7, 11) is 0. The standard InChI is InChI=1S/C12H13BrO2S/c1-3-10-8(4-5-15-10)11(14)12-9(13)6-7(2)16-12/h4-6,11,14H,3H2,1-2H3. The zero-order valence-electron chi connectivity index (χ0n) is 9.16. The van der Waals surface area contributed by atoms with Gasteiger partial charge in [0.05, 0.1) is 11.1 Å². The molecule has 2 heterocycles. The summed E-state index contributed by atoms with van der Waals surface area (Å²) in [6.07, 6.45) is 1.83. The van der Waals surface area contributed by atoms with Crippen molar-refractivity contribution in [2.75, 3.05) is 0 Å². The van der Waals surface area contributed by atoms with Crippen LogP contribution in [0.1, 0.15) is 34.1 Å². The molecule has 0 spiro atoms. The summed E-state index contributed by atoms with van der Waals surface area (Å²) in [5, 5.41) is 10.3. The zero-order valence-corrected chi connectivity index (χ0v) is 11.6. The quantitative estimate of drug-likeness (QED) is 0.927. The summed E-state index contributed by atoms with van der Waals surface area (Å²) < 4.78 is 6.30. The average Bonchev–Trinajstić information content (AvgIpc) is 2.83. The molecule has 0 saturated carbocycles. The first kappa shape index (κ1) is 11.9. The normalized spacial score (nSPS) is 13.0. The molecule has 0 saturated heterocycles. The first-order valence-electron chi connectivity index (χ1n) is 5.13. The summed E-state index contributed by atoms with van der Waals surface area (Å²) in [6.45, 7) is 4.05. The van der Waals surface area contributed by atoms with Gasteiger partial charge < -0.3 is 9.52 Å². The minimum Gasteiger partial charge on any atom is -0.469 e. The summed E-state index contributed by atoms with van der Waals surface area (Å²) >= 11 is 5.07. The second kappa shape index (κ2) is 4.73. The molecule has 0 aliphatic rings. The van der Waals surface area contributed by atoms with Crippen LogP contribution in [-0.2, 0) is 6.42 Å². The molecule has 1 N–H and O–H groups in total. The summed E-state index contributed by atoms with van der Waals surface area (Å²) in [5.41, 5.74) is 0.866. The fourth-order valence-electron chi connectivity index (χ4n) is 1.71. The maximum Gasteiger partial charge on any atom is 0.118 e. The van der Waals surface area contributed by atoms with E-state index in [9.17, 15) is 5.11 Å². The van der Waals surface area contributed by atoms with E-state index in [4.69, 9.17) is 4.42 Å². The molecule has 2 rings (SSSR count). The van der Waals surface area contributed by atoms with E-state index in [-0.39, 0.29) is 0 Å². The van der Waals surface area contributed by atoms with Crippen molar-refractivity contribution in [3.05, 3.63) is 43.9 Å². The van der Waals surface area contributed by atoms with E-state index >= 15 is 0 Å². The van der Waals surface area contributed by atoms with E-state index in [0.29, 0.717) is 0 Å². The highest BCUT2D eigenvalue weighted by molar-refractivity contribution is 9.10. The van der Waals surface area contributed by atoms with Crippen molar-refractivity contribution in [2.24, 2.45) is 0 Å². The van der Waals surface area contributed by atoms with Crippen LogP contribution < -0.4 is 0 Å². The Hall–Kier alpha value is -0.580. The Bertz CT molecular complexity index is 487. The Morgan fingerprint density at radius 3 is 2.88 bits per heavy atom. The minimum atomic E-state index is -0.596. The Morgan fingerprint density at radius 2 is 2.31 bits per heavy atom. The van der Waals surface area contributed by atoms with E-state index in [1.54, 1.807) is 17.6 Å². The van der Waals surface area contributed by atoms with Gasteiger partial charge in [0, 0.05) is 21.3 Å². The van der Waals surface area contributed by atoms with Gasteiger partial charge in [-0.25, -0.2) is 0 Å². The van der Waals surface area contributed by atoms with Crippen LogP contribution in [0.3, 0.4) is 0 Å². The van der Waals surface area contributed by atoms with Crippen molar-refractivity contribution in [3.63, 3.8) is 0 Å². The lowest BCUT2D eigenvalue weighted by atomic mass is 10.1. The second-order valence-corrected chi connectivity index (χ2v) is 5.77. The third kappa shape index (κ3) is 2.10. The van der Waals surface area contributed by atoms with Crippen LogP contribution in [0.25, 0.3) is 0 Å². The molecule has 0 amide bonds. The van der Waals surface area contributed by atoms with Gasteiger partial charge in [-0.1, -0.05) is 6.92 Å². The molecular weight excluding hydrogens is 288 g/mol. The molecule has 0 fully saturated rings. The lowest BCUT2D eigenvalue weighted by Crippen LogP contribution is -1.99. The van der Waals surface area contributed by atoms with E-state index in [1.165, 1.54) is 4.88 Å². The minimum absolute atomic E-state index is 0.596. The molecule has 16 heavy (non-hydrogen) atoms. The van der Waals surface area contributed by atoms with Gasteiger partial charge in [0.1, 0.15) is 11.9 Å². The highest BCUT2D eigenvalue weighted by Crippen LogP contribution is 2.36. The van der Waals surface area contributed by atoms with Crippen LogP contribution in [0.2, 0.25) is 0 Å². The Morgan fingerprint density at radius 1 is 1.56 bits per heavy atom. The smallest absolute Gasteiger partial charge is 0.118 e. The predicted octanol–water partition coefficient (Wildman–Crippen LogP) is 4.06. The lowest BCUT2D eigenvalue weighted by Gasteiger charge is -2.08. The fraction of sp³-hybridized carbons (Fsp3) is 0.333. The van der Waals surface area contributed by atoms with Crippen molar-refractivity contribution >= 4 is 27.3 Å². The van der Waals surface area contributed by atoms with Gasteiger partial charge in [-0.05, 0) is 35.0 Å². The van der Waals surface area contributed by atoms with Crippen molar-refractivity contribution in [1.29, 1.82) is 0 Å². The van der Waals surface area contributed by atoms with Crippen molar-refractivity contribution in [1.82, 2.24) is 0 Å². The maximum absolute atomic E-state index is 10.3. The van der Waals surface area contributed by atoms with Gasteiger partial charge in [-0.15, -0.1) is 11.3 Å². The van der Waals surface area contributed by atoms with Gasteiger partial charge in [-0.2, -0.15) is 0 Å². The zero-order chi connectivity index (χ0) is 11.7. The van der Waals surface area contributed by atoms with Crippen LogP contribution in [0.15, 0.2) is 27.3 Å². The van der Waals surface area contributed by atoms with Gasteiger partial charge in [0.25, 0.3) is 0 Å². The van der Waals surface area contributed by atoms with E-state index in [0.717, 1.165) is 27.1 Å². The molecular formula is C12H13BrO2S. The molecule has 0 radical (unpaired) electrons. The molecule has 0 bridgehead atoms. The summed E-state index contributed by atoms with van der Waals surface area (Å²) in [5.74, 6) is 0.852. The van der Waals surface area contributed by atoms with Crippen molar-refractivity contribution in [2.45, 2.75) is 26.4 Å². The van der Waals surface area contributed by atoms with Gasteiger partial charge >= 0.3 is 0 Å². The highest BCUT2D eigenvalue weighted by atomic mass is 79.9. The van der Waals surface area contributed by atoms with Crippen LogP contribution >= 0.6 is 27.3 Å². The van der Waals surface area contributed by atoms with E-state index in [2.05, 4.69) is 15.9 Å². The van der Waals surface area contributed by atoms with Gasteiger partial charge in [0.2, 0.25) is 0 Å². The number of aliphatic hydroxyl groups excluding tert-OH is 1. The topological polar surface area (TPSA) is 33.4 Å². The second-order valence-electron chi connectivity index (χ2n) is 3.62. The van der Waals surface area contributed by atoms with Crippen molar-refractivity contribution < 1.29 is 9.52 Å². The van der Waals surface area contributed by atoms with E-state index < -0.39 is 6.10 Å². The lowest BCUT2D eigenvalue weighted by molar-refractivity contribution is 0.220. The molecule has 1 unspecified atom stereocenters. The average molecular weight is 301 g/mol. The number of rotatable bonds is 3. The van der Waals surface area contributed by atoms with Crippen LogP contribution in [0.4, 0.5) is 0 Å². The third-order valence-electron chi connectivity index (χ3n) is 2.48. The molecule has 0 aromatic carbocycles. The Balaban J connectivity index is 2.38. The first-order valence-corrected chi connectivity index (χ1v) is 6.74. The number of furan rings is 1. The molecule has 0 aliphatic carbocycles. The van der Waals surface area contributed by atoms with Gasteiger partial charge in [0.15, 0.2) is 0 Å². The molecule has 2 aromatic heterocycles. The van der Waals surface area contributed by atoms with E-state index in [1.807, 2.05) is 26.0 Å². The Labute approximate surface area is 107 Å². The molecule has 4 heteroatoms. The number of hydrogen-bond acceptors (Lipinski definition) is 3. The summed E-state index contributed by atoms with van der Waals surface area (Å²) in [6, 6.07) is 3.86. The fourth-order valence-corrected chi connectivity index (χ4v) is 3.58. The van der Waals surface area contributed by atoms with Crippen LogP contribution in [0.5, 0.6) is 0 Å². The molecule has 2 aromatic rings. The predicted molar refractivity (Wildman–Crippen MR) is 68.9 cm³/mol. The Kier molecular flexibility index (Phi) is 3.52. The largest absolute Gasteiger partial charge is 0.469 e. The summed E-state index contributed by atoms with van der Waals surface area (Å²) in [4.78, 5) is 2.12. The van der Waals surface area contributed by atoms with Crippen LogP contribution in [0, 0.1) is 6.92 Å². The number of thiophene rings is 1.